The normalized spacial score (nSPS) is 13.4. The maximum absolute atomic E-state index is 13.0. The molecule has 2 unspecified atom stereocenters. The monoisotopic (exact) mass is 1430 g/mol. The van der Waals surface area contributed by atoms with Gasteiger partial charge in [-0.1, -0.05) is 384 Å². The number of allylic oxidation sites excluding steroid dienone is 26. The molecule has 588 valence electrons. The van der Waals surface area contributed by atoms with E-state index in [1.54, 1.807) is 0 Å². The first-order valence-corrected chi connectivity index (χ1v) is 42.6. The molecule has 0 bridgehead atoms. The maximum atomic E-state index is 13.0. The molecule has 0 spiro atoms. The molecule has 9 heteroatoms. The number of hydrogen-bond donors (Lipinski definition) is 0. The van der Waals surface area contributed by atoms with Crippen molar-refractivity contribution in [1.82, 2.24) is 0 Å². The van der Waals surface area contributed by atoms with Crippen molar-refractivity contribution in [3.63, 3.8) is 0 Å². The number of hydrogen-bond acceptors (Lipinski definition) is 8. The van der Waals surface area contributed by atoms with Gasteiger partial charge in [-0.15, -0.1) is 0 Å². The molecule has 0 aliphatic heterocycles. The topological polar surface area (TPSA) is 111 Å². The van der Waals surface area contributed by atoms with E-state index < -0.39 is 24.3 Å². The van der Waals surface area contributed by atoms with Gasteiger partial charge in [-0.05, 0) is 122 Å². The Labute approximate surface area is 635 Å². The zero-order valence-electron chi connectivity index (χ0n) is 67.4. The molecule has 0 aromatic rings. The predicted molar refractivity (Wildman–Crippen MR) is 444 cm³/mol. The second-order valence-electron chi connectivity index (χ2n) is 29.4. The van der Waals surface area contributed by atoms with Crippen molar-refractivity contribution in [2.75, 3.05) is 47.5 Å². The van der Waals surface area contributed by atoms with Crippen molar-refractivity contribution in [3.05, 3.63) is 158 Å². The number of likely N-dealkylation sites (N-methyl/N-ethyl adjacent to an activating group) is 1. The van der Waals surface area contributed by atoms with Gasteiger partial charge in [0.15, 0.2) is 12.4 Å². The second kappa shape index (κ2) is 82.6. The summed E-state index contributed by atoms with van der Waals surface area (Å²) in [7, 11) is 5.94. The van der Waals surface area contributed by atoms with E-state index in [-0.39, 0.29) is 38.6 Å². The third kappa shape index (κ3) is 84.1. The van der Waals surface area contributed by atoms with E-state index in [9.17, 15) is 19.5 Å². The highest BCUT2D eigenvalue weighted by Gasteiger charge is 2.22. The van der Waals surface area contributed by atoms with Crippen LogP contribution >= 0.6 is 0 Å². The summed E-state index contributed by atoms with van der Waals surface area (Å²) in [5.41, 5.74) is 0. The lowest BCUT2D eigenvalue weighted by Crippen LogP contribution is -2.44. The van der Waals surface area contributed by atoms with E-state index in [4.69, 9.17) is 18.9 Å². The van der Waals surface area contributed by atoms with Crippen molar-refractivity contribution in [3.8, 4) is 0 Å². The van der Waals surface area contributed by atoms with Crippen LogP contribution in [-0.2, 0) is 33.3 Å². The van der Waals surface area contributed by atoms with Gasteiger partial charge in [0.1, 0.15) is 13.2 Å². The fraction of sp³-hybridized carbons (Fsp3) is 0.691. The standard InChI is InChI=1S/C94H159NO8/c1-6-8-10-12-14-16-18-20-22-24-26-28-30-32-34-36-38-40-42-44-45-46-47-49-51-53-55-57-59-61-63-65-67-69-71-73-75-77-79-81-83-85-92(97)103-90(89-102-94(93(98)99)100-87-86-95(3,4)5)88-101-91(96)84-82-80-78-76-74-72-70-68-66-64-62-60-58-56-54-52-50-48-43-41-39-37-35-33-31-29-27-25-23-21-19-17-15-13-11-9-7-2/h8-11,14-17,20-23,26-29,32-35,38-41,44-45,90,94H,6-7,12-13,18-19,24-25,30-31,36-37,42-43,46-89H2,1-5H3/b10-8-,11-9-,16-14-,17-15-,22-20-,23-21-,28-26-,29-27-,34-32-,35-33-,40-38-,41-39-,45-44-. The minimum Gasteiger partial charge on any atom is -0.545 e. The molecule has 0 fully saturated rings. The van der Waals surface area contributed by atoms with Crippen molar-refractivity contribution < 1.29 is 42.9 Å². The average molecular weight is 1430 g/mol. The number of carboxylic acid groups (broad SMARTS) is 1. The van der Waals surface area contributed by atoms with Crippen LogP contribution in [0.1, 0.15) is 361 Å². The maximum Gasteiger partial charge on any atom is 0.306 e. The highest BCUT2D eigenvalue weighted by molar-refractivity contribution is 5.70. The largest absolute Gasteiger partial charge is 0.545 e. The van der Waals surface area contributed by atoms with Gasteiger partial charge in [-0.3, -0.25) is 9.59 Å². The quantitative estimate of drug-likeness (QED) is 0.0195. The number of esters is 2. The molecule has 0 aliphatic rings. The number of quaternary nitrogens is 1. The van der Waals surface area contributed by atoms with Gasteiger partial charge in [-0.2, -0.15) is 0 Å². The molecule has 9 nitrogen and oxygen atoms in total. The zero-order chi connectivity index (χ0) is 74.6. The number of carbonyl (C=O) groups is 3. The third-order valence-electron chi connectivity index (χ3n) is 18.3. The van der Waals surface area contributed by atoms with E-state index in [0.717, 1.165) is 116 Å². The van der Waals surface area contributed by atoms with Crippen molar-refractivity contribution in [2.24, 2.45) is 0 Å². The molecule has 0 aromatic carbocycles. The Balaban J connectivity index is 3.99. The van der Waals surface area contributed by atoms with Gasteiger partial charge in [0.25, 0.3) is 0 Å². The lowest BCUT2D eigenvalue weighted by Gasteiger charge is -2.26. The van der Waals surface area contributed by atoms with Crippen molar-refractivity contribution in [1.29, 1.82) is 0 Å². The second-order valence-corrected chi connectivity index (χ2v) is 29.4. The third-order valence-corrected chi connectivity index (χ3v) is 18.3. The fourth-order valence-electron chi connectivity index (χ4n) is 11.9. The molecule has 2 atom stereocenters. The first-order chi connectivity index (χ1) is 50.6. The Hall–Kier alpha value is -5.09. The van der Waals surface area contributed by atoms with Crippen molar-refractivity contribution in [2.45, 2.75) is 373 Å². The molecule has 0 heterocycles. The highest BCUT2D eigenvalue weighted by atomic mass is 16.7. The molecule has 0 amide bonds. The van der Waals surface area contributed by atoms with Crippen LogP contribution in [0.2, 0.25) is 0 Å². The minimum absolute atomic E-state index is 0.145. The summed E-state index contributed by atoms with van der Waals surface area (Å²) < 4.78 is 22.9. The zero-order valence-corrected chi connectivity index (χ0v) is 67.4. The molecule has 103 heavy (non-hydrogen) atoms. The number of carboxylic acids is 1. The smallest absolute Gasteiger partial charge is 0.306 e. The van der Waals surface area contributed by atoms with Gasteiger partial charge in [0.05, 0.1) is 40.3 Å². The van der Waals surface area contributed by atoms with E-state index in [2.05, 4.69) is 172 Å². The van der Waals surface area contributed by atoms with Gasteiger partial charge in [0.2, 0.25) is 0 Å². The molecule has 0 aromatic heterocycles. The van der Waals surface area contributed by atoms with E-state index >= 15 is 0 Å². The number of aliphatic carboxylic acids is 1. The lowest BCUT2D eigenvalue weighted by molar-refractivity contribution is -0.870. The number of rotatable bonds is 78. The highest BCUT2D eigenvalue weighted by Crippen LogP contribution is 2.19. The molecule has 0 radical (unpaired) electrons. The van der Waals surface area contributed by atoms with Gasteiger partial charge < -0.3 is 33.3 Å². The van der Waals surface area contributed by atoms with Crippen molar-refractivity contribution >= 4 is 17.9 Å². The Morgan fingerprint density at radius 1 is 0.291 bits per heavy atom. The molecule has 0 saturated carbocycles. The average Bonchev–Trinajstić information content (AvgIpc) is 1.01. The summed E-state index contributed by atoms with van der Waals surface area (Å²) >= 11 is 0. The Morgan fingerprint density at radius 3 is 0.777 bits per heavy atom. The molecular weight excluding hydrogens is 1270 g/mol. The summed E-state index contributed by atoms with van der Waals surface area (Å²) in [5, 5.41) is 11.9. The van der Waals surface area contributed by atoms with E-state index in [1.165, 1.54) is 212 Å². The van der Waals surface area contributed by atoms with Crippen LogP contribution in [0.4, 0.5) is 0 Å². The van der Waals surface area contributed by atoms with E-state index in [0.29, 0.717) is 17.4 Å². The fourth-order valence-corrected chi connectivity index (χ4v) is 11.9. The van der Waals surface area contributed by atoms with Gasteiger partial charge in [0, 0.05) is 12.8 Å². The predicted octanol–water partition coefficient (Wildman–Crippen LogP) is 26.6. The number of carbonyl (C=O) groups excluding carboxylic acids is 3. The molecule has 0 saturated heterocycles. The van der Waals surface area contributed by atoms with Gasteiger partial charge in [-0.25, -0.2) is 0 Å². The van der Waals surface area contributed by atoms with Crippen LogP contribution in [0.15, 0.2) is 158 Å². The Bertz CT molecular complexity index is 2270. The Kier molecular flexibility index (Phi) is 78.5. The number of nitrogens with zero attached hydrogens (tertiary/aromatic N) is 1. The molecular formula is C94H159NO8. The summed E-state index contributed by atoms with van der Waals surface area (Å²) in [5.74, 6) is -2.27. The van der Waals surface area contributed by atoms with Crippen LogP contribution in [0, 0.1) is 0 Å². The van der Waals surface area contributed by atoms with Crippen LogP contribution in [0.3, 0.4) is 0 Å². The summed E-state index contributed by atoms with van der Waals surface area (Å²) in [6.07, 6.45) is 119. The summed E-state index contributed by atoms with van der Waals surface area (Å²) in [6, 6.07) is 0. The van der Waals surface area contributed by atoms with Crippen LogP contribution in [-0.4, -0.2) is 82.3 Å². The van der Waals surface area contributed by atoms with E-state index in [1.807, 2.05) is 21.1 Å². The molecule has 0 rings (SSSR count). The molecule has 0 aliphatic carbocycles. The lowest BCUT2D eigenvalue weighted by atomic mass is 10.0. The molecule has 0 N–H and O–H groups in total. The van der Waals surface area contributed by atoms with Crippen LogP contribution in [0.5, 0.6) is 0 Å². The number of unbranched alkanes of at least 4 members (excludes halogenated alkanes) is 37. The van der Waals surface area contributed by atoms with Crippen LogP contribution < -0.4 is 5.11 Å². The number of ether oxygens (including phenoxy) is 4. The summed E-state index contributed by atoms with van der Waals surface area (Å²) in [6.45, 7) is 4.55. The summed E-state index contributed by atoms with van der Waals surface area (Å²) in [4.78, 5) is 37.7. The minimum atomic E-state index is -1.63. The Morgan fingerprint density at radius 2 is 0.524 bits per heavy atom. The first kappa shape index (κ1) is 97.9. The first-order valence-electron chi connectivity index (χ1n) is 42.6. The SMILES string of the molecule is CC/C=C\C/C=C\C/C=C\C/C=C\C/C=C\C/C=C\C/C=C\CCCCCCCCCCCCCCCCCCCCCC(=O)OC(COC(=O)CCCCCCCCCCCCCCCCCCCC/C=C\C/C=C\C/C=C\C/C=C\C/C=C\C/C=C\CC)COC(OCC[N+](C)(C)C)C(=O)[O-]. The van der Waals surface area contributed by atoms with Gasteiger partial charge >= 0.3 is 11.9 Å². The van der Waals surface area contributed by atoms with Crippen LogP contribution in [0.25, 0.3) is 0 Å².